The number of nitrogens with zero attached hydrogens (tertiary/aromatic N) is 3. The fraction of sp³-hybridized carbons (Fsp3) is 0.450. The molecule has 136 valence electrons. The van der Waals surface area contributed by atoms with E-state index in [1.54, 1.807) is 29.4 Å². The number of carbonyl (C=O) groups excluding carboxylic acids is 1. The van der Waals surface area contributed by atoms with Gasteiger partial charge in [-0.05, 0) is 30.5 Å². The molecule has 1 N–H and O–H groups in total. The Balaban J connectivity index is 1.84. The number of hydrogen-bond acceptors (Lipinski definition) is 4. The lowest BCUT2D eigenvalue weighted by molar-refractivity contribution is 0.248. The van der Waals surface area contributed by atoms with Gasteiger partial charge in [0.25, 0.3) is 0 Å². The van der Waals surface area contributed by atoms with E-state index < -0.39 is 0 Å². The number of anilines is 1. The average molecular weight is 369 g/mol. The molecule has 1 saturated carbocycles. The summed E-state index contributed by atoms with van der Waals surface area (Å²) in [4.78, 5) is 19.0. The molecule has 0 spiro atoms. The number of hydrogen-bond donors (Lipinski definition) is 1. The van der Waals surface area contributed by atoms with E-state index in [0.29, 0.717) is 12.1 Å². The highest BCUT2D eigenvalue weighted by Gasteiger charge is 2.23. The SMILES string of the molecule is CNC(=O)N(Cc1cccc(C#N)c1)c1sc(CC2CCCC2)nc1C. The molecule has 1 aromatic heterocycles. The molecule has 5 nitrogen and oxygen atoms in total. The summed E-state index contributed by atoms with van der Waals surface area (Å²) in [6.07, 6.45) is 6.22. The summed E-state index contributed by atoms with van der Waals surface area (Å²) in [5.41, 5.74) is 2.42. The maximum absolute atomic E-state index is 12.5. The van der Waals surface area contributed by atoms with E-state index in [2.05, 4.69) is 11.4 Å². The van der Waals surface area contributed by atoms with Crippen LogP contribution in [-0.2, 0) is 13.0 Å². The highest BCUT2D eigenvalue weighted by Crippen LogP contribution is 2.34. The van der Waals surface area contributed by atoms with Gasteiger partial charge in [-0.25, -0.2) is 9.78 Å². The topological polar surface area (TPSA) is 69.0 Å². The zero-order chi connectivity index (χ0) is 18.5. The van der Waals surface area contributed by atoms with Gasteiger partial charge in [-0.15, -0.1) is 11.3 Å². The zero-order valence-corrected chi connectivity index (χ0v) is 16.1. The first-order valence-electron chi connectivity index (χ1n) is 9.05. The lowest BCUT2D eigenvalue weighted by Crippen LogP contribution is -2.37. The minimum Gasteiger partial charge on any atom is -0.341 e. The van der Waals surface area contributed by atoms with Crippen LogP contribution in [-0.4, -0.2) is 18.1 Å². The van der Waals surface area contributed by atoms with Gasteiger partial charge in [-0.3, -0.25) is 4.90 Å². The molecule has 1 aliphatic carbocycles. The van der Waals surface area contributed by atoms with Gasteiger partial charge in [-0.2, -0.15) is 5.26 Å². The second-order valence-electron chi connectivity index (χ2n) is 6.81. The Morgan fingerprint density at radius 2 is 2.19 bits per heavy atom. The van der Waals surface area contributed by atoms with E-state index in [1.165, 1.54) is 25.7 Å². The quantitative estimate of drug-likeness (QED) is 0.850. The summed E-state index contributed by atoms with van der Waals surface area (Å²) in [6, 6.07) is 9.37. The predicted molar refractivity (Wildman–Crippen MR) is 104 cm³/mol. The van der Waals surface area contributed by atoms with Crippen LogP contribution >= 0.6 is 11.3 Å². The van der Waals surface area contributed by atoms with Crippen LogP contribution in [0.1, 0.15) is 47.5 Å². The van der Waals surface area contributed by atoms with Crippen LogP contribution < -0.4 is 10.2 Å². The molecule has 0 aliphatic heterocycles. The molecule has 3 rings (SSSR count). The summed E-state index contributed by atoms with van der Waals surface area (Å²) in [5.74, 6) is 0.731. The maximum Gasteiger partial charge on any atom is 0.322 e. The van der Waals surface area contributed by atoms with Crippen molar-refractivity contribution in [2.45, 2.75) is 45.6 Å². The van der Waals surface area contributed by atoms with Crippen LogP contribution in [0.15, 0.2) is 24.3 Å². The summed E-state index contributed by atoms with van der Waals surface area (Å²) in [7, 11) is 1.64. The van der Waals surface area contributed by atoms with Crippen LogP contribution in [0.4, 0.5) is 9.80 Å². The molecule has 2 aromatic rings. The molecule has 0 radical (unpaired) electrons. The molecule has 0 unspecified atom stereocenters. The first kappa shape index (κ1) is 18.4. The Kier molecular flexibility index (Phi) is 5.89. The van der Waals surface area contributed by atoms with Gasteiger partial charge in [0.1, 0.15) is 5.00 Å². The molecule has 1 fully saturated rings. The number of nitrogens with one attached hydrogen (secondary N) is 1. The van der Waals surface area contributed by atoms with Gasteiger partial charge in [0, 0.05) is 13.5 Å². The highest BCUT2D eigenvalue weighted by atomic mass is 32.1. The highest BCUT2D eigenvalue weighted by molar-refractivity contribution is 7.16. The van der Waals surface area contributed by atoms with Gasteiger partial charge in [0.15, 0.2) is 0 Å². The summed E-state index contributed by atoms with van der Waals surface area (Å²) >= 11 is 1.62. The van der Waals surface area contributed by atoms with Gasteiger partial charge in [-0.1, -0.05) is 37.8 Å². The number of aryl methyl sites for hydroxylation is 1. The second kappa shape index (κ2) is 8.33. The molecule has 0 atom stereocenters. The van der Waals surface area contributed by atoms with Crippen LogP contribution in [0.5, 0.6) is 0 Å². The third-order valence-corrected chi connectivity index (χ3v) is 6.06. The monoisotopic (exact) mass is 368 g/mol. The molecule has 0 saturated heterocycles. The molecular weight excluding hydrogens is 344 g/mol. The fourth-order valence-corrected chi connectivity index (χ4v) is 4.71. The van der Waals surface area contributed by atoms with Crippen molar-refractivity contribution in [1.29, 1.82) is 5.26 Å². The Hall–Kier alpha value is -2.39. The molecule has 0 bridgehead atoms. The summed E-state index contributed by atoms with van der Waals surface area (Å²) < 4.78 is 0. The number of thiazole rings is 1. The van der Waals surface area contributed by atoms with Crippen LogP contribution in [0.3, 0.4) is 0 Å². The van der Waals surface area contributed by atoms with Gasteiger partial charge < -0.3 is 5.32 Å². The van der Waals surface area contributed by atoms with E-state index in [4.69, 9.17) is 10.2 Å². The molecule has 2 amide bonds. The Morgan fingerprint density at radius 3 is 2.88 bits per heavy atom. The number of benzene rings is 1. The van der Waals surface area contributed by atoms with E-state index in [0.717, 1.165) is 33.6 Å². The third-order valence-electron chi connectivity index (χ3n) is 4.86. The van der Waals surface area contributed by atoms with Gasteiger partial charge >= 0.3 is 6.03 Å². The largest absolute Gasteiger partial charge is 0.341 e. The Labute approximate surface area is 158 Å². The van der Waals surface area contributed by atoms with Crippen molar-refractivity contribution < 1.29 is 4.79 Å². The number of rotatable bonds is 5. The van der Waals surface area contributed by atoms with E-state index in [9.17, 15) is 4.79 Å². The van der Waals surface area contributed by atoms with Crippen LogP contribution in [0.2, 0.25) is 0 Å². The molecule has 1 aliphatic rings. The lowest BCUT2D eigenvalue weighted by Gasteiger charge is -2.21. The van der Waals surface area contributed by atoms with Crippen molar-refractivity contribution in [1.82, 2.24) is 10.3 Å². The van der Waals surface area contributed by atoms with E-state index in [-0.39, 0.29) is 6.03 Å². The normalized spacial score (nSPS) is 14.2. The van der Waals surface area contributed by atoms with Crippen molar-refractivity contribution in [3.05, 3.63) is 46.1 Å². The average Bonchev–Trinajstić information content (AvgIpc) is 3.29. The molecule has 6 heteroatoms. The number of carbonyl (C=O) groups is 1. The number of amides is 2. The van der Waals surface area contributed by atoms with Crippen LogP contribution in [0.25, 0.3) is 0 Å². The molecule has 1 aromatic carbocycles. The lowest BCUT2D eigenvalue weighted by atomic mass is 10.1. The second-order valence-corrected chi connectivity index (χ2v) is 7.87. The van der Waals surface area contributed by atoms with Gasteiger partial charge in [0.05, 0.1) is 28.9 Å². The van der Waals surface area contributed by atoms with Crippen molar-refractivity contribution in [2.75, 3.05) is 11.9 Å². The third kappa shape index (κ3) is 4.23. The first-order valence-corrected chi connectivity index (χ1v) is 9.87. The van der Waals surface area contributed by atoms with E-state index in [1.807, 2.05) is 25.1 Å². The Morgan fingerprint density at radius 1 is 1.42 bits per heavy atom. The fourth-order valence-electron chi connectivity index (χ4n) is 3.53. The summed E-state index contributed by atoms with van der Waals surface area (Å²) in [5, 5.41) is 13.8. The standard InChI is InChI=1S/C20H24N4OS/c1-14-19(26-18(23-14)11-15-6-3-4-7-15)24(20(25)22-2)13-17-9-5-8-16(10-17)12-21/h5,8-10,15H,3-4,6-7,11,13H2,1-2H3,(H,22,25). The molecule has 1 heterocycles. The smallest absolute Gasteiger partial charge is 0.322 e. The predicted octanol–water partition coefficient (Wildman–Crippen LogP) is 4.40. The molecular formula is C20H24N4OS. The Bertz CT molecular complexity index is 817. The van der Waals surface area contributed by atoms with Crippen molar-refractivity contribution >= 4 is 22.4 Å². The maximum atomic E-state index is 12.5. The number of nitriles is 1. The van der Waals surface area contributed by atoms with Gasteiger partial charge in [0.2, 0.25) is 0 Å². The number of urea groups is 1. The first-order chi connectivity index (χ1) is 12.6. The minimum atomic E-state index is -0.161. The summed E-state index contributed by atoms with van der Waals surface area (Å²) in [6.45, 7) is 2.38. The van der Waals surface area contributed by atoms with Crippen LogP contribution in [0, 0.1) is 24.2 Å². The van der Waals surface area contributed by atoms with E-state index >= 15 is 0 Å². The molecule has 26 heavy (non-hydrogen) atoms. The van der Waals surface area contributed by atoms with Crippen molar-refractivity contribution in [2.24, 2.45) is 5.92 Å². The minimum absolute atomic E-state index is 0.161. The zero-order valence-electron chi connectivity index (χ0n) is 15.3. The van der Waals surface area contributed by atoms with Crippen molar-refractivity contribution in [3.8, 4) is 6.07 Å². The number of aromatic nitrogens is 1. The van der Waals surface area contributed by atoms with Crippen molar-refractivity contribution in [3.63, 3.8) is 0 Å².